The lowest BCUT2D eigenvalue weighted by molar-refractivity contribution is -0.167. The van der Waals surface area contributed by atoms with E-state index in [1.165, 1.54) is 0 Å². The van der Waals surface area contributed by atoms with Crippen LogP contribution in [0.3, 0.4) is 0 Å². The Kier molecular flexibility index (Phi) is 4.70. The zero-order valence-electron chi connectivity index (χ0n) is 8.77. The largest absolute Gasteiger partial charge is 0.348 e. The SMILES string of the molecule is CCCC1(CCCNC)OCCO1. The molecule has 1 aliphatic rings. The van der Waals surface area contributed by atoms with Gasteiger partial charge in [-0.05, 0) is 20.0 Å². The fraction of sp³-hybridized carbons (Fsp3) is 1.00. The first-order valence-corrected chi connectivity index (χ1v) is 5.25. The molecule has 0 bridgehead atoms. The highest BCUT2D eigenvalue weighted by molar-refractivity contribution is 4.73. The van der Waals surface area contributed by atoms with Gasteiger partial charge in [-0.15, -0.1) is 0 Å². The van der Waals surface area contributed by atoms with Crippen molar-refractivity contribution < 1.29 is 9.47 Å². The van der Waals surface area contributed by atoms with Crippen LogP contribution in [0.25, 0.3) is 0 Å². The summed E-state index contributed by atoms with van der Waals surface area (Å²) in [5, 5.41) is 3.14. The molecule has 0 aromatic carbocycles. The summed E-state index contributed by atoms with van der Waals surface area (Å²) in [4.78, 5) is 0. The molecule has 3 nitrogen and oxygen atoms in total. The lowest BCUT2D eigenvalue weighted by Crippen LogP contribution is -2.30. The molecule has 0 amide bonds. The second-order valence-electron chi connectivity index (χ2n) is 3.56. The molecule has 1 rings (SSSR count). The summed E-state index contributed by atoms with van der Waals surface area (Å²) in [6.07, 6.45) is 4.29. The van der Waals surface area contributed by atoms with Gasteiger partial charge >= 0.3 is 0 Å². The van der Waals surface area contributed by atoms with Crippen molar-refractivity contribution in [2.75, 3.05) is 26.8 Å². The van der Waals surface area contributed by atoms with Crippen LogP contribution in [-0.2, 0) is 9.47 Å². The van der Waals surface area contributed by atoms with E-state index in [1.807, 2.05) is 7.05 Å². The van der Waals surface area contributed by atoms with Crippen LogP contribution < -0.4 is 5.32 Å². The molecular weight excluding hydrogens is 166 g/mol. The number of hydrogen-bond donors (Lipinski definition) is 1. The molecule has 0 aliphatic carbocycles. The van der Waals surface area contributed by atoms with E-state index in [1.54, 1.807) is 0 Å². The molecule has 0 radical (unpaired) electrons. The first kappa shape index (κ1) is 11.0. The van der Waals surface area contributed by atoms with E-state index in [-0.39, 0.29) is 5.79 Å². The Hall–Kier alpha value is -0.120. The number of hydrogen-bond acceptors (Lipinski definition) is 3. The maximum absolute atomic E-state index is 5.68. The second-order valence-corrected chi connectivity index (χ2v) is 3.56. The summed E-state index contributed by atoms with van der Waals surface area (Å²) in [6, 6.07) is 0. The number of nitrogens with one attached hydrogen (secondary N) is 1. The molecule has 78 valence electrons. The van der Waals surface area contributed by atoms with Crippen LogP contribution in [-0.4, -0.2) is 32.6 Å². The second kappa shape index (κ2) is 5.58. The first-order chi connectivity index (χ1) is 6.33. The summed E-state index contributed by atoms with van der Waals surface area (Å²) < 4.78 is 11.4. The van der Waals surface area contributed by atoms with Crippen LogP contribution in [0.1, 0.15) is 32.6 Å². The van der Waals surface area contributed by atoms with Crippen LogP contribution in [0.15, 0.2) is 0 Å². The van der Waals surface area contributed by atoms with E-state index in [2.05, 4.69) is 12.2 Å². The molecule has 0 atom stereocenters. The zero-order valence-corrected chi connectivity index (χ0v) is 8.77. The molecule has 3 heteroatoms. The van der Waals surface area contributed by atoms with Gasteiger partial charge in [0.2, 0.25) is 0 Å². The monoisotopic (exact) mass is 187 g/mol. The van der Waals surface area contributed by atoms with Crippen molar-refractivity contribution in [2.45, 2.75) is 38.4 Å². The maximum atomic E-state index is 5.68. The highest BCUT2D eigenvalue weighted by atomic mass is 16.7. The van der Waals surface area contributed by atoms with Gasteiger partial charge in [0.25, 0.3) is 0 Å². The number of rotatable bonds is 6. The van der Waals surface area contributed by atoms with Gasteiger partial charge < -0.3 is 14.8 Å². The summed E-state index contributed by atoms with van der Waals surface area (Å²) in [5.41, 5.74) is 0. The molecule has 1 aliphatic heterocycles. The van der Waals surface area contributed by atoms with Crippen molar-refractivity contribution in [3.05, 3.63) is 0 Å². The van der Waals surface area contributed by atoms with Gasteiger partial charge in [0.05, 0.1) is 13.2 Å². The molecule has 0 spiro atoms. The van der Waals surface area contributed by atoms with Gasteiger partial charge in [0.1, 0.15) is 0 Å². The lowest BCUT2D eigenvalue weighted by atomic mass is 10.1. The fourth-order valence-corrected chi connectivity index (χ4v) is 1.83. The van der Waals surface area contributed by atoms with Crippen LogP contribution in [0.2, 0.25) is 0 Å². The van der Waals surface area contributed by atoms with Crippen LogP contribution in [0.4, 0.5) is 0 Å². The molecule has 0 aromatic heterocycles. The molecule has 0 saturated carbocycles. The van der Waals surface area contributed by atoms with E-state index >= 15 is 0 Å². The molecule has 1 saturated heterocycles. The quantitative estimate of drug-likeness (QED) is 0.640. The van der Waals surface area contributed by atoms with E-state index in [0.29, 0.717) is 0 Å². The average molecular weight is 187 g/mol. The molecule has 0 aromatic rings. The average Bonchev–Trinajstić information content (AvgIpc) is 2.55. The highest BCUT2D eigenvalue weighted by Gasteiger charge is 2.34. The fourth-order valence-electron chi connectivity index (χ4n) is 1.83. The first-order valence-electron chi connectivity index (χ1n) is 5.25. The van der Waals surface area contributed by atoms with Crippen molar-refractivity contribution in [1.29, 1.82) is 0 Å². The summed E-state index contributed by atoms with van der Waals surface area (Å²) in [5.74, 6) is -0.244. The number of ether oxygens (including phenoxy) is 2. The summed E-state index contributed by atoms with van der Waals surface area (Å²) in [6.45, 7) is 4.74. The Morgan fingerprint density at radius 2 is 1.92 bits per heavy atom. The third-order valence-electron chi connectivity index (χ3n) is 2.43. The third kappa shape index (κ3) is 3.25. The molecule has 13 heavy (non-hydrogen) atoms. The van der Waals surface area contributed by atoms with Crippen molar-refractivity contribution in [1.82, 2.24) is 5.32 Å². The Morgan fingerprint density at radius 1 is 1.23 bits per heavy atom. The maximum Gasteiger partial charge on any atom is 0.168 e. The normalized spacial score (nSPS) is 20.8. The predicted molar refractivity (Wildman–Crippen MR) is 52.7 cm³/mol. The van der Waals surface area contributed by atoms with Gasteiger partial charge in [-0.3, -0.25) is 0 Å². The van der Waals surface area contributed by atoms with E-state index in [9.17, 15) is 0 Å². The minimum Gasteiger partial charge on any atom is -0.348 e. The third-order valence-corrected chi connectivity index (χ3v) is 2.43. The van der Waals surface area contributed by atoms with Crippen molar-refractivity contribution >= 4 is 0 Å². The summed E-state index contributed by atoms with van der Waals surface area (Å²) >= 11 is 0. The van der Waals surface area contributed by atoms with Crippen LogP contribution >= 0.6 is 0 Å². The van der Waals surface area contributed by atoms with Crippen molar-refractivity contribution in [3.8, 4) is 0 Å². The van der Waals surface area contributed by atoms with Gasteiger partial charge in [-0.25, -0.2) is 0 Å². The van der Waals surface area contributed by atoms with Crippen molar-refractivity contribution in [3.63, 3.8) is 0 Å². The molecule has 1 fully saturated rings. The standard InChI is InChI=1S/C10H21NO2/c1-3-5-10(6-4-7-11-2)12-8-9-13-10/h11H,3-9H2,1-2H3. The van der Waals surface area contributed by atoms with Crippen molar-refractivity contribution in [2.24, 2.45) is 0 Å². The van der Waals surface area contributed by atoms with Gasteiger partial charge in [0, 0.05) is 12.8 Å². The van der Waals surface area contributed by atoms with E-state index < -0.39 is 0 Å². The smallest absolute Gasteiger partial charge is 0.168 e. The minimum atomic E-state index is -0.244. The Morgan fingerprint density at radius 3 is 2.46 bits per heavy atom. The van der Waals surface area contributed by atoms with E-state index in [0.717, 1.165) is 45.4 Å². The molecule has 1 heterocycles. The Labute approximate surface area is 80.8 Å². The topological polar surface area (TPSA) is 30.5 Å². The summed E-state index contributed by atoms with van der Waals surface area (Å²) in [7, 11) is 1.98. The van der Waals surface area contributed by atoms with E-state index in [4.69, 9.17) is 9.47 Å². The minimum absolute atomic E-state index is 0.244. The molecule has 1 N–H and O–H groups in total. The van der Waals surface area contributed by atoms with Crippen LogP contribution in [0.5, 0.6) is 0 Å². The van der Waals surface area contributed by atoms with Crippen LogP contribution in [0, 0.1) is 0 Å². The Bertz CT molecular complexity index is 133. The molecular formula is C10H21NO2. The lowest BCUT2D eigenvalue weighted by Gasteiger charge is -2.26. The predicted octanol–water partition coefficient (Wildman–Crippen LogP) is 1.53. The van der Waals surface area contributed by atoms with Gasteiger partial charge in [-0.2, -0.15) is 0 Å². The van der Waals surface area contributed by atoms with Gasteiger partial charge in [-0.1, -0.05) is 13.3 Å². The molecule has 0 unspecified atom stereocenters. The zero-order chi connectivity index (χ0) is 9.57. The van der Waals surface area contributed by atoms with Gasteiger partial charge in [0.15, 0.2) is 5.79 Å². The Balaban J connectivity index is 2.28. The highest BCUT2D eigenvalue weighted by Crippen LogP contribution is 2.29.